The molecule has 2 unspecified atom stereocenters. The zero-order valence-corrected chi connectivity index (χ0v) is 10.4. The van der Waals surface area contributed by atoms with E-state index in [9.17, 15) is 4.79 Å². The van der Waals surface area contributed by atoms with Crippen molar-refractivity contribution in [2.75, 3.05) is 0 Å². The Morgan fingerprint density at radius 3 is 3.11 bits per heavy atom. The first-order valence-electron chi connectivity index (χ1n) is 6.78. The summed E-state index contributed by atoms with van der Waals surface area (Å²) in [6.07, 6.45) is 8.10. The number of fused-ring (bicyclic) bond motifs is 1. The van der Waals surface area contributed by atoms with E-state index in [0.29, 0.717) is 0 Å². The first-order chi connectivity index (χ1) is 8.75. The van der Waals surface area contributed by atoms with E-state index >= 15 is 0 Å². The lowest BCUT2D eigenvalue weighted by Gasteiger charge is -2.29. The second-order valence-electron chi connectivity index (χ2n) is 5.27. The van der Waals surface area contributed by atoms with E-state index in [1.807, 2.05) is 6.33 Å². The van der Waals surface area contributed by atoms with Gasteiger partial charge in [0.2, 0.25) is 0 Å². The summed E-state index contributed by atoms with van der Waals surface area (Å²) >= 11 is 0. The summed E-state index contributed by atoms with van der Waals surface area (Å²) in [4.78, 5) is 15.6. The van der Waals surface area contributed by atoms with E-state index in [0.717, 1.165) is 37.9 Å². The van der Waals surface area contributed by atoms with Crippen molar-refractivity contribution < 1.29 is 9.90 Å². The maximum Gasteiger partial charge on any atom is 0.320 e. The second kappa shape index (κ2) is 4.72. The highest BCUT2D eigenvalue weighted by Crippen LogP contribution is 2.29. The summed E-state index contributed by atoms with van der Waals surface area (Å²) in [5.74, 6) is -0.743. The first kappa shape index (κ1) is 11.7. The number of rotatable bonds is 2. The summed E-state index contributed by atoms with van der Waals surface area (Å²) in [5.41, 5.74) is 2.39. The Kier molecular flexibility index (Phi) is 3.07. The van der Waals surface area contributed by atoms with Gasteiger partial charge in [-0.15, -0.1) is 0 Å². The highest BCUT2D eigenvalue weighted by atomic mass is 16.4. The molecule has 3 heterocycles. The Labute approximate surface area is 106 Å². The van der Waals surface area contributed by atoms with Gasteiger partial charge in [-0.05, 0) is 38.5 Å². The molecule has 2 N–H and O–H groups in total. The van der Waals surface area contributed by atoms with Gasteiger partial charge in [-0.1, -0.05) is 0 Å². The van der Waals surface area contributed by atoms with Crippen molar-refractivity contribution in [3.8, 4) is 0 Å². The van der Waals surface area contributed by atoms with Crippen molar-refractivity contribution >= 4 is 5.97 Å². The summed E-state index contributed by atoms with van der Waals surface area (Å²) in [6.45, 7) is 1.05. The molecule has 18 heavy (non-hydrogen) atoms. The van der Waals surface area contributed by atoms with Gasteiger partial charge < -0.3 is 9.67 Å². The van der Waals surface area contributed by atoms with Crippen LogP contribution in [0.5, 0.6) is 0 Å². The number of piperidine rings is 1. The van der Waals surface area contributed by atoms with Gasteiger partial charge in [0, 0.05) is 12.2 Å². The fraction of sp³-hybridized carbons (Fsp3) is 0.692. The zero-order valence-electron chi connectivity index (χ0n) is 10.4. The molecule has 3 rings (SSSR count). The maximum absolute atomic E-state index is 11.1. The van der Waals surface area contributed by atoms with Crippen LogP contribution in [0.3, 0.4) is 0 Å². The number of hydrogen-bond acceptors (Lipinski definition) is 3. The summed E-state index contributed by atoms with van der Waals surface area (Å²) in [7, 11) is 0. The Morgan fingerprint density at radius 1 is 1.39 bits per heavy atom. The van der Waals surface area contributed by atoms with Crippen LogP contribution in [-0.4, -0.2) is 26.7 Å². The molecule has 98 valence electrons. The van der Waals surface area contributed by atoms with Gasteiger partial charge in [0.05, 0.1) is 18.1 Å². The van der Waals surface area contributed by atoms with Crippen LogP contribution in [-0.2, 0) is 17.8 Å². The van der Waals surface area contributed by atoms with E-state index in [1.54, 1.807) is 0 Å². The molecule has 0 spiro atoms. The van der Waals surface area contributed by atoms with E-state index in [2.05, 4.69) is 14.9 Å². The molecule has 2 aliphatic rings. The summed E-state index contributed by atoms with van der Waals surface area (Å²) in [6, 6.07) is -0.293. The molecule has 1 saturated heterocycles. The Bertz CT molecular complexity index is 455. The van der Waals surface area contributed by atoms with Gasteiger partial charge in [0.1, 0.15) is 6.04 Å². The third kappa shape index (κ3) is 2.03. The summed E-state index contributed by atoms with van der Waals surface area (Å²) < 4.78 is 2.23. The molecule has 1 fully saturated rings. The van der Waals surface area contributed by atoms with Crippen LogP contribution in [0.2, 0.25) is 0 Å². The molecule has 2 atom stereocenters. The molecule has 2 aliphatic heterocycles. The van der Waals surface area contributed by atoms with Gasteiger partial charge in [0.25, 0.3) is 0 Å². The number of carboxylic acid groups (broad SMARTS) is 1. The number of aromatic nitrogens is 2. The number of carboxylic acids is 1. The molecule has 0 radical (unpaired) electrons. The lowest BCUT2D eigenvalue weighted by molar-refractivity contribution is -0.140. The van der Waals surface area contributed by atoms with E-state index in [4.69, 9.17) is 5.11 Å². The Hall–Kier alpha value is -1.36. The molecule has 1 aromatic heterocycles. The minimum absolute atomic E-state index is 0.120. The van der Waals surface area contributed by atoms with Crippen molar-refractivity contribution in [1.82, 2.24) is 14.9 Å². The maximum atomic E-state index is 11.1. The van der Waals surface area contributed by atoms with E-state index in [1.165, 1.54) is 18.5 Å². The van der Waals surface area contributed by atoms with Crippen molar-refractivity contribution in [3.63, 3.8) is 0 Å². The normalized spacial score (nSPS) is 27.8. The number of aryl methyl sites for hydroxylation is 1. The van der Waals surface area contributed by atoms with Gasteiger partial charge in [-0.3, -0.25) is 10.1 Å². The quantitative estimate of drug-likeness (QED) is 0.833. The molecule has 0 saturated carbocycles. The summed E-state index contributed by atoms with van der Waals surface area (Å²) in [5, 5.41) is 12.3. The molecular weight excluding hydrogens is 230 g/mol. The number of nitrogens with zero attached hydrogens (tertiary/aromatic N) is 2. The predicted molar refractivity (Wildman–Crippen MR) is 66.3 cm³/mol. The molecule has 0 aromatic carbocycles. The molecule has 0 aliphatic carbocycles. The average molecular weight is 249 g/mol. The van der Waals surface area contributed by atoms with Gasteiger partial charge in [-0.2, -0.15) is 0 Å². The largest absolute Gasteiger partial charge is 0.480 e. The van der Waals surface area contributed by atoms with Crippen LogP contribution in [0.25, 0.3) is 0 Å². The zero-order chi connectivity index (χ0) is 12.5. The number of hydrogen-bond donors (Lipinski definition) is 2. The molecule has 5 heteroatoms. The van der Waals surface area contributed by atoms with Crippen molar-refractivity contribution in [3.05, 3.63) is 17.7 Å². The van der Waals surface area contributed by atoms with Gasteiger partial charge in [0.15, 0.2) is 0 Å². The highest BCUT2D eigenvalue weighted by molar-refractivity contribution is 5.73. The molecular formula is C13H19N3O2. The van der Waals surface area contributed by atoms with Crippen molar-refractivity contribution in [2.24, 2.45) is 0 Å². The number of nitrogens with one attached hydrogen (secondary N) is 1. The van der Waals surface area contributed by atoms with Crippen LogP contribution >= 0.6 is 0 Å². The Morgan fingerprint density at radius 2 is 2.28 bits per heavy atom. The minimum atomic E-state index is -0.743. The van der Waals surface area contributed by atoms with Crippen LogP contribution < -0.4 is 5.32 Å². The van der Waals surface area contributed by atoms with Gasteiger partial charge in [-0.25, -0.2) is 4.98 Å². The fourth-order valence-corrected chi connectivity index (χ4v) is 3.10. The van der Waals surface area contributed by atoms with Crippen molar-refractivity contribution in [1.29, 1.82) is 0 Å². The standard InChI is InChI=1S/C13H19N3O2/c17-13(18)10-5-3-4-9(15-10)12-11-6-1-2-7-16(11)8-14-12/h8-10,15H,1-7H2,(H,17,18). The third-order valence-electron chi connectivity index (χ3n) is 4.06. The highest BCUT2D eigenvalue weighted by Gasteiger charge is 2.30. The lowest BCUT2D eigenvalue weighted by atomic mass is 9.94. The smallest absolute Gasteiger partial charge is 0.320 e. The van der Waals surface area contributed by atoms with Crippen LogP contribution in [0.15, 0.2) is 6.33 Å². The minimum Gasteiger partial charge on any atom is -0.480 e. The Balaban J connectivity index is 1.82. The third-order valence-corrected chi connectivity index (χ3v) is 4.06. The molecule has 1 aromatic rings. The molecule has 5 nitrogen and oxygen atoms in total. The average Bonchev–Trinajstić information content (AvgIpc) is 2.82. The fourth-order valence-electron chi connectivity index (χ4n) is 3.10. The van der Waals surface area contributed by atoms with Crippen LogP contribution in [0, 0.1) is 0 Å². The van der Waals surface area contributed by atoms with Crippen LogP contribution in [0.4, 0.5) is 0 Å². The first-order valence-corrected chi connectivity index (χ1v) is 6.78. The number of aliphatic carboxylic acids is 1. The monoisotopic (exact) mass is 249 g/mol. The number of imidazole rings is 1. The topological polar surface area (TPSA) is 67.1 Å². The lowest BCUT2D eigenvalue weighted by Crippen LogP contribution is -2.42. The van der Waals surface area contributed by atoms with E-state index in [-0.39, 0.29) is 6.04 Å². The predicted octanol–water partition coefficient (Wildman–Crippen LogP) is 1.49. The number of carbonyl (C=O) groups is 1. The SMILES string of the molecule is O=C(O)C1CCCC(c2ncn3c2CCCC3)N1. The second-order valence-corrected chi connectivity index (χ2v) is 5.27. The van der Waals surface area contributed by atoms with Gasteiger partial charge >= 0.3 is 5.97 Å². The van der Waals surface area contributed by atoms with Crippen LogP contribution in [0.1, 0.15) is 49.5 Å². The van der Waals surface area contributed by atoms with Crippen molar-refractivity contribution in [2.45, 2.75) is 57.2 Å². The molecule has 0 amide bonds. The van der Waals surface area contributed by atoms with E-state index < -0.39 is 12.0 Å². The molecule has 0 bridgehead atoms.